The van der Waals surface area contributed by atoms with Crippen molar-refractivity contribution in [3.63, 3.8) is 0 Å². The molecule has 230 valence electrons. The molecule has 0 spiro atoms. The van der Waals surface area contributed by atoms with Gasteiger partial charge in [-0.1, -0.05) is 66.5 Å². The van der Waals surface area contributed by atoms with Crippen LogP contribution in [0.5, 0.6) is 5.75 Å². The van der Waals surface area contributed by atoms with Crippen molar-refractivity contribution in [1.29, 1.82) is 0 Å². The van der Waals surface area contributed by atoms with Crippen molar-refractivity contribution >= 4 is 29.1 Å². The summed E-state index contributed by atoms with van der Waals surface area (Å²) in [7, 11) is 1.56. The van der Waals surface area contributed by atoms with E-state index in [1.807, 2.05) is 30.3 Å². The zero-order chi connectivity index (χ0) is 32.4. The van der Waals surface area contributed by atoms with E-state index in [9.17, 15) is 19.7 Å². The number of rotatable bonds is 9. The Balaban J connectivity index is 1.55. The fourth-order valence-electron chi connectivity index (χ4n) is 5.23. The van der Waals surface area contributed by atoms with Gasteiger partial charge in [0.15, 0.2) is 4.80 Å². The van der Waals surface area contributed by atoms with Gasteiger partial charge in [0, 0.05) is 29.5 Å². The summed E-state index contributed by atoms with van der Waals surface area (Å²) in [5.74, 6) is 0.0186. The number of methoxy groups -OCH3 is 1. The molecule has 1 atom stereocenters. The molecule has 0 amide bonds. The number of hydrogen-bond acceptors (Lipinski definition) is 9. The summed E-state index contributed by atoms with van der Waals surface area (Å²) in [6.07, 6.45) is 4.94. The number of nitro groups is 1. The number of nitro benzene ring substituents is 1. The summed E-state index contributed by atoms with van der Waals surface area (Å²) in [4.78, 5) is 43.7. The van der Waals surface area contributed by atoms with Gasteiger partial charge in [-0.3, -0.25) is 19.5 Å². The number of allylic oxidation sites excluding steroid dienone is 1. The first-order valence-electron chi connectivity index (χ1n) is 14.1. The average molecular weight is 634 g/mol. The highest BCUT2D eigenvalue weighted by atomic mass is 32.1. The van der Waals surface area contributed by atoms with Crippen LogP contribution >= 0.6 is 11.3 Å². The standard InChI is InChI=1S/C34H27N5O6S/c1-4-17-45-33(41)29-21(2)35-34-38(31(29)22-13-15-27(44-3)16-14-22)32(40)28(46-34)19-24-20-37(25-10-6-5-7-11-25)36-30(24)23-9-8-12-26(18-23)39(42)43/h4-16,18-20,31H,1,17H2,2-3H3/b28-19+/t31-/m1/s1. The van der Waals surface area contributed by atoms with Gasteiger partial charge < -0.3 is 9.47 Å². The van der Waals surface area contributed by atoms with Crippen molar-refractivity contribution in [2.75, 3.05) is 13.7 Å². The number of para-hydroxylation sites is 1. The molecule has 46 heavy (non-hydrogen) atoms. The smallest absolute Gasteiger partial charge is 0.338 e. The van der Waals surface area contributed by atoms with Crippen LogP contribution in [0, 0.1) is 10.1 Å². The quantitative estimate of drug-likeness (QED) is 0.0993. The number of nitrogens with zero attached hydrogens (tertiary/aromatic N) is 5. The monoisotopic (exact) mass is 633 g/mol. The van der Waals surface area contributed by atoms with E-state index in [1.165, 1.54) is 34.1 Å². The number of esters is 1. The number of ether oxygens (including phenoxy) is 2. The summed E-state index contributed by atoms with van der Waals surface area (Å²) < 4.78 is 14.2. The molecule has 0 radical (unpaired) electrons. The molecule has 1 aliphatic heterocycles. The molecule has 6 rings (SSSR count). The molecule has 11 nitrogen and oxygen atoms in total. The topological polar surface area (TPSA) is 131 Å². The van der Waals surface area contributed by atoms with Gasteiger partial charge in [0.05, 0.1) is 39.6 Å². The van der Waals surface area contributed by atoms with Crippen molar-refractivity contribution in [3.8, 4) is 22.7 Å². The third-order valence-corrected chi connectivity index (χ3v) is 8.37. The molecule has 0 bridgehead atoms. The Labute approximate surface area is 266 Å². The number of benzene rings is 3. The number of carbonyl (C=O) groups excluding carboxylic acids is 1. The van der Waals surface area contributed by atoms with Crippen LogP contribution in [0.25, 0.3) is 23.0 Å². The van der Waals surface area contributed by atoms with Crippen LogP contribution in [0.2, 0.25) is 0 Å². The summed E-state index contributed by atoms with van der Waals surface area (Å²) in [5.41, 5.74) is 3.19. The third-order valence-electron chi connectivity index (χ3n) is 7.39. The van der Waals surface area contributed by atoms with Crippen molar-refractivity contribution in [1.82, 2.24) is 14.3 Å². The Morgan fingerprint density at radius 3 is 2.57 bits per heavy atom. The predicted octanol–water partition coefficient (Wildman–Crippen LogP) is 4.73. The van der Waals surface area contributed by atoms with Crippen molar-refractivity contribution in [2.24, 2.45) is 4.99 Å². The zero-order valence-electron chi connectivity index (χ0n) is 24.8. The normalized spacial score (nSPS) is 14.4. The van der Waals surface area contributed by atoms with Gasteiger partial charge >= 0.3 is 5.97 Å². The highest BCUT2D eigenvalue weighted by Gasteiger charge is 2.33. The van der Waals surface area contributed by atoms with Crippen molar-refractivity contribution < 1.29 is 19.2 Å². The second kappa shape index (κ2) is 12.6. The number of non-ortho nitro benzene ring substituents is 1. The lowest BCUT2D eigenvalue weighted by molar-refractivity contribution is -0.384. The molecule has 0 N–H and O–H groups in total. The second-order valence-electron chi connectivity index (χ2n) is 10.3. The van der Waals surface area contributed by atoms with E-state index in [-0.39, 0.29) is 23.4 Å². The van der Waals surface area contributed by atoms with E-state index >= 15 is 0 Å². The molecule has 12 heteroatoms. The number of carbonyl (C=O) groups is 1. The lowest BCUT2D eigenvalue weighted by atomic mass is 9.96. The van der Waals surface area contributed by atoms with Gasteiger partial charge in [0.25, 0.3) is 11.2 Å². The molecule has 5 aromatic rings. The van der Waals surface area contributed by atoms with Crippen molar-refractivity contribution in [2.45, 2.75) is 13.0 Å². The maximum Gasteiger partial charge on any atom is 0.338 e. The van der Waals surface area contributed by atoms with Gasteiger partial charge in [-0.2, -0.15) is 5.10 Å². The van der Waals surface area contributed by atoms with E-state index < -0.39 is 16.9 Å². The number of aromatic nitrogens is 3. The van der Waals surface area contributed by atoms with Gasteiger partial charge in [0.1, 0.15) is 18.1 Å². The Morgan fingerprint density at radius 2 is 1.87 bits per heavy atom. The zero-order valence-corrected chi connectivity index (χ0v) is 25.6. The molecule has 0 fully saturated rings. The Bertz CT molecular complexity index is 2200. The number of hydrogen-bond donors (Lipinski definition) is 0. The fraction of sp³-hybridized carbons (Fsp3) is 0.118. The largest absolute Gasteiger partial charge is 0.497 e. The van der Waals surface area contributed by atoms with E-state index in [4.69, 9.17) is 14.6 Å². The Kier molecular flexibility index (Phi) is 8.27. The molecule has 0 unspecified atom stereocenters. The third kappa shape index (κ3) is 5.69. The summed E-state index contributed by atoms with van der Waals surface area (Å²) in [5, 5.41) is 16.3. The minimum Gasteiger partial charge on any atom is -0.497 e. The molecule has 3 aromatic carbocycles. The van der Waals surface area contributed by atoms with Crippen LogP contribution in [0.4, 0.5) is 5.69 Å². The average Bonchev–Trinajstić information content (AvgIpc) is 3.64. The van der Waals surface area contributed by atoms with Gasteiger partial charge in [0.2, 0.25) is 0 Å². The molecular weight excluding hydrogens is 606 g/mol. The predicted molar refractivity (Wildman–Crippen MR) is 174 cm³/mol. The molecule has 2 aromatic heterocycles. The van der Waals surface area contributed by atoms with Crippen molar-refractivity contribution in [3.05, 3.63) is 150 Å². The molecule has 1 aliphatic rings. The van der Waals surface area contributed by atoms with Gasteiger partial charge in [-0.05, 0) is 42.8 Å². The van der Waals surface area contributed by atoms with E-state index in [0.717, 1.165) is 5.69 Å². The van der Waals surface area contributed by atoms with Crippen LogP contribution in [-0.2, 0) is 9.53 Å². The summed E-state index contributed by atoms with van der Waals surface area (Å²) in [6, 6.07) is 21.9. The van der Waals surface area contributed by atoms with Crippen LogP contribution in [-0.4, -0.2) is 39.0 Å². The molecule has 3 heterocycles. The minimum absolute atomic E-state index is 0.00119. The molecular formula is C34H27N5O6S. The molecule has 0 saturated heterocycles. The first-order valence-corrected chi connectivity index (χ1v) is 14.9. The van der Waals surface area contributed by atoms with E-state index in [2.05, 4.69) is 11.6 Å². The van der Waals surface area contributed by atoms with Crippen LogP contribution < -0.4 is 19.6 Å². The van der Waals surface area contributed by atoms with E-state index in [1.54, 1.807) is 67.4 Å². The molecule has 0 saturated carbocycles. The SMILES string of the molecule is C=CCOC(=O)C1=C(C)N=c2s/c(=C/c3cn(-c4ccccc4)nc3-c3cccc([N+](=O)[O-])c3)c(=O)n2[C@@H]1c1ccc(OC)cc1. The van der Waals surface area contributed by atoms with Crippen LogP contribution in [0.1, 0.15) is 24.1 Å². The number of fused-ring (bicyclic) bond motifs is 1. The van der Waals surface area contributed by atoms with Crippen LogP contribution in [0.3, 0.4) is 0 Å². The van der Waals surface area contributed by atoms with E-state index in [0.29, 0.717) is 43.2 Å². The highest BCUT2D eigenvalue weighted by Crippen LogP contribution is 2.32. The fourth-order valence-corrected chi connectivity index (χ4v) is 6.27. The lowest BCUT2D eigenvalue weighted by Gasteiger charge is -2.24. The highest BCUT2D eigenvalue weighted by molar-refractivity contribution is 7.07. The minimum atomic E-state index is -0.815. The maximum atomic E-state index is 14.2. The first kappa shape index (κ1) is 30.2. The first-order chi connectivity index (χ1) is 22.3. The summed E-state index contributed by atoms with van der Waals surface area (Å²) in [6.45, 7) is 5.33. The van der Waals surface area contributed by atoms with Gasteiger partial charge in [-0.15, -0.1) is 0 Å². The maximum absolute atomic E-state index is 14.2. The number of thiazole rings is 1. The summed E-state index contributed by atoms with van der Waals surface area (Å²) >= 11 is 1.17. The van der Waals surface area contributed by atoms with Crippen LogP contribution in [0.15, 0.2) is 119 Å². The lowest BCUT2D eigenvalue weighted by Crippen LogP contribution is -2.39. The Morgan fingerprint density at radius 1 is 1.11 bits per heavy atom. The second-order valence-corrected chi connectivity index (χ2v) is 11.3. The Hall–Kier alpha value is -5.88. The van der Waals surface area contributed by atoms with Gasteiger partial charge in [-0.25, -0.2) is 14.5 Å². The molecule has 0 aliphatic carbocycles.